The summed E-state index contributed by atoms with van der Waals surface area (Å²) < 4.78 is 28.9. The van der Waals surface area contributed by atoms with Crippen molar-refractivity contribution in [3.05, 3.63) is 11.6 Å². The van der Waals surface area contributed by atoms with Crippen molar-refractivity contribution in [2.75, 3.05) is 13.7 Å². The van der Waals surface area contributed by atoms with Crippen LogP contribution in [0.1, 0.15) is 85.5 Å². The van der Waals surface area contributed by atoms with Crippen molar-refractivity contribution in [3.8, 4) is 0 Å². The number of fused-ring (bicyclic) bond motifs is 5. The molecule has 9 nitrogen and oxygen atoms in total. The number of aliphatic hydroxyl groups excluding tert-OH is 1. The molecule has 9 heteroatoms. The van der Waals surface area contributed by atoms with E-state index in [0.29, 0.717) is 18.4 Å². The van der Waals surface area contributed by atoms with Crippen LogP contribution < -0.4 is 0 Å². The smallest absolute Gasteiger partial charge is 0.331 e. The molecule has 41 heavy (non-hydrogen) atoms. The monoisotopic (exact) mass is 576 g/mol. The van der Waals surface area contributed by atoms with Crippen LogP contribution >= 0.6 is 0 Å². The second kappa shape index (κ2) is 10.6. The highest BCUT2D eigenvalue weighted by Crippen LogP contribution is 2.70. The molecule has 0 aromatic carbocycles. The summed E-state index contributed by atoms with van der Waals surface area (Å²) in [4.78, 5) is 23.7. The van der Waals surface area contributed by atoms with Crippen LogP contribution in [-0.4, -0.2) is 78.3 Å². The first-order valence-electron chi connectivity index (χ1n) is 15.7. The van der Waals surface area contributed by atoms with Crippen LogP contribution in [0.3, 0.4) is 0 Å². The third-order valence-corrected chi connectivity index (χ3v) is 12.6. The van der Waals surface area contributed by atoms with Crippen molar-refractivity contribution in [2.45, 2.75) is 128 Å². The highest BCUT2D eigenvalue weighted by molar-refractivity contribution is 5.85. The molecule has 0 bridgehead atoms. The molecule has 4 saturated carbocycles. The lowest BCUT2D eigenvalue weighted by Crippen LogP contribution is -2.63. The van der Waals surface area contributed by atoms with E-state index < -0.39 is 42.3 Å². The number of cyclic esters (lactones) is 1. The van der Waals surface area contributed by atoms with Crippen LogP contribution in [0.4, 0.5) is 0 Å². The normalized spacial score (nSPS) is 51.2. The summed E-state index contributed by atoms with van der Waals surface area (Å²) in [6.45, 7) is 8.19. The Bertz CT molecular complexity index is 1080. The van der Waals surface area contributed by atoms with Crippen LogP contribution in [0.2, 0.25) is 0 Å². The van der Waals surface area contributed by atoms with Crippen molar-refractivity contribution >= 4 is 11.9 Å². The van der Waals surface area contributed by atoms with Crippen molar-refractivity contribution in [2.24, 2.45) is 34.5 Å². The summed E-state index contributed by atoms with van der Waals surface area (Å²) in [6.07, 6.45) is 6.35. The van der Waals surface area contributed by atoms with E-state index in [0.717, 1.165) is 63.4 Å². The van der Waals surface area contributed by atoms with Crippen molar-refractivity contribution in [1.82, 2.24) is 0 Å². The number of hydrogen-bond donors (Lipinski definition) is 2. The number of carbonyl (C=O) groups is 2. The van der Waals surface area contributed by atoms with E-state index in [-0.39, 0.29) is 34.7 Å². The zero-order chi connectivity index (χ0) is 29.3. The molecule has 230 valence electrons. The Labute approximate surface area is 243 Å². The topological polar surface area (TPSA) is 121 Å². The molecule has 5 fully saturated rings. The number of rotatable bonds is 5. The van der Waals surface area contributed by atoms with E-state index in [4.69, 9.17) is 23.7 Å². The van der Waals surface area contributed by atoms with E-state index in [1.165, 1.54) is 14.0 Å². The van der Waals surface area contributed by atoms with Crippen LogP contribution in [-0.2, 0) is 33.3 Å². The van der Waals surface area contributed by atoms with Gasteiger partial charge in [0.2, 0.25) is 0 Å². The van der Waals surface area contributed by atoms with Crippen LogP contribution in [0.25, 0.3) is 0 Å². The van der Waals surface area contributed by atoms with Gasteiger partial charge in [-0.25, -0.2) is 4.79 Å². The fraction of sp³-hybridized carbons (Fsp3) is 0.875. The van der Waals surface area contributed by atoms with Gasteiger partial charge in [0.15, 0.2) is 12.4 Å². The molecule has 2 heterocycles. The van der Waals surface area contributed by atoms with Gasteiger partial charge in [-0.2, -0.15) is 0 Å². The minimum Gasteiger partial charge on any atom is -0.458 e. The second-order valence-electron chi connectivity index (χ2n) is 14.3. The molecular weight excluding hydrogens is 528 g/mol. The Hall–Kier alpha value is -1.52. The Kier molecular flexibility index (Phi) is 7.62. The molecule has 13 atom stereocenters. The van der Waals surface area contributed by atoms with Gasteiger partial charge in [-0.1, -0.05) is 13.8 Å². The molecule has 2 N–H and O–H groups in total. The molecule has 1 saturated heterocycles. The SMILES string of the molecule is CO[C@@H]1[C@@H](O)[C@H](C)O[C@@H](O[C@H]2CC[C@@]3(C)[C@@H](CC[C@H]4[C@H]3CC[C@]3(C)[C@H](C5=CC(=O)OC5)CC[C@]43O)C2)[C@@H]1OC(C)=O. The van der Waals surface area contributed by atoms with E-state index in [9.17, 15) is 19.8 Å². The van der Waals surface area contributed by atoms with Gasteiger partial charge in [0, 0.05) is 25.5 Å². The van der Waals surface area contributed by atoms with Crippen LogP contribution in [0.5, 0.6) is 0 Å². The summed E-state index contributed by atoms with van der Waals surface area (Å²) in [5.74, 6) is 0.650. The standard InChI is InChI=1S/C32H48O9/c1-17-26(35)27(37-5)28(40-18(2)33)29(39-17)41-21-8-11-30(3)20(15-21)6-7-24-23(30)9-12-31(4)22(10-13-32(24,31)36)19-14-25(34)38-16-19/h14,17,20-24,26-29,35-36H,6-13,15-16H2,1-5H3/t17-,20-,21-,22-,23+,24-,26-,27+,28+,29-,30-,31+,32-/m0/s1. The third kappa shape index (κ3) is 4.60. The van der Waals surface area contributed by atoms with E-state index in [2.05, 4.69) is 13.8 Å². The average molecular weight is 577 g/mol. The highest BCUT2D eigenvalue weighted by Gasteiger charge is 2.67. The van der Waals surface area contributed by atoms with Gasteiger partial charge in [0.05, 0.1) is 17.8 Å². The molecule has 0 radical (unpaired) electrons. The molecule has 0 spiro atoms. The number of methoxy groups -OCH3 is 1. The Morgan fingerprint density at radius 3 is 2.51 bits per heavy atom. The molecule has 6 aliphatic rings. The first kappa shape index (κ1) is 29.5. The van der Waals surface area contributed by atoms with Crippen LogP contribution in [0, 0.1) is 34.5 Å². The lowest BCUT2D eigenvalue weighted by atomic mass is 9.43. The van der Waals surface area contributed by atoms with Crippen LogP contribution in [0.15, 0.2) is 11.6 Å². The van der Waals surface area contributed by atoms with Crippen molar-refractivity contribution < 1.29 is 43.5 Å². The van der Waals surface area contributed by atoms with E-state index in [1.807, 2.05) is 0 Å². The lowest BCUT2D eigenvalue weighted by molar-refractivity contribution is -0.315. The zero-order valence-corrected chi connectivity index (χ0v) is 25.2. The molecule has 0 unspecified atom stereocenters. The van der Waals surface area contributed by atoms with E-state index in [1.54, 1.807) is 13.0 Å². The fourth-order valence-electron chi connectivity index (χ4n) is 10.4. The summed E-state index contributed by atoms with van der Waals surface area (Å²) in [7, 11) is 1.50. The molecule has 0 aromatic rings. The summed E-state index contributed by atoms with van der Waals surface area (Å²) in [5.41, 5.74) is 0.221. The summed E-state index contributed by atoms with van der Waals surface area (Å²) in [6, 6.07) is 0. The molecule has 0 aromatic heterocycles. The van der Waals surface area contributed by atoms with Gasteiger partial charge in [-0.15, -0.1) is 0 Å². The number of hydrogen-bond acceptors (Lipinski definition) is 9. The molecular formula is C32H48O9. The number of aliphatic hydroxyl groups is 2. The van der Waals surface area contributed by atoms with Gasteiger partial charge < -0.3 is 33.9 Å². The maximum absolute atomic E-state index is 12.5. The predicted octanol–water partition coefficient (Wildman–Crippen LogP) is 3.68. The largest absolute Gasteiger partial charge is 0.458 e. The maximum atomic E-state index is 12.5. The fourth-order valence-corrected chi connectivity index (χ4v) is 10.4. The Balaban J connectivity index is 1.16. The lowest BCUT2D eigenvalue weighted by Gasteiger charge is -2.64. The highest BCUT2D eigenvalue weighted by atomic mass is 16.7. The maximum Gasteiger partial charge on any atom is 0.331 e. The Morgan fingerprint density at radius 2 is 1.83 bits per heavy atom. The molecule has 0 amide bonds. The predicted molar refractivity (Wildman–Crippen MR) is 147 cm³/mol. The minimum atomic E-state index is -0.926. The summed E-state index contributed by atoms with van der Waals surface area (Å²) in [5, 5.41) is 23.1. The third-order valence-electron chi connectivity index (χ3n) is 12.6. The van der Waals surface area contributed by atoms with Gasteiger partial charge in [-0.3, -0.25) is 4.79 Å². The first-order valence-corrected chi connectivity index (χ1v) is 15.7. The van der Waals surface area contributed by atoms with Crippen molar-refractivity contribution in [1.29, 1.82) is 0 Å². The Morgan fingerprint density at radius 1 is 1.05 bits per heavy atom. The molecule has 4 aliphatic carbocycles. The van der Waals surface area contributed by atoms with Gasteiger partial charge >= 0.3 is 11.9 Å². The summed E-state index contributed by atoms with van der Waals surface area (Å²) >= 11 is 0. The van der Waals surface area contributed by atoms with Crippen molar-refractivity contribution in [3.63, 3.8) is 0 Å². The first-order chi connectivity index (χ1) is 19.4. The molecule has 6 rings (SSSR count). The van der Waals surface area contributed by atoms with Gasteiger partial charge in [0.25, 0.3) is 0 Å². The number of ether oxygens (including phenoxy) is 5. The number of esters is 2. The van der Waals surface area contributed by atoms with Gasteiger partial charge in [0.1, 0.15) is 18.8 Å². The van der Waals surface area contributed by atoms with Gasteiger partial charge in [-0.05, 0) is 99.4 Å². The number of carbonyl (C=O) groups excluding carboxylic acids is 2. The zero-order valence-electron chi connectivity index (χ0n) is 25.2. The van der Waals surface area contributed by atoms with E-state index >= 15 is 0 Å². The quantitative estimate of drug-likeness (QED) is 0.373. The molecule has 2 aliphatic heterocycles. The second-order valence-corrected chi connectivity index (χ2v) is 14.3. The average Bonchev–Trinajstić information content (AvgIpc) is 3.46. The minimum absolute atomic E-state index is 0.0488.